The minimum atomic E-state index is -0.289. The van der Waals surface area contributed by atoms with E-state index < -0.39 is 0 Å². The summed E-state index contributed by atoms with van der Waals surface area (Å²) in [7, 11) is 0. The molecule has 0 fully saturated rings. The van der Waals surface area contributed by atoms with Crippen LogP contribution in [0, 0.1) is 18.7 Å². The standard InChI is InChI=1S/C18H18N4O3S/c1-12-5-3-7-14(9-12)24-11-16-21-22(18(26)25-16)10-15(23)20-17-13(2)6-4-8-19-17/h3-9H,10-11H2,1-2H3,(H,19,20,23). The van der Waals surface area contributed by atoms with Gasteiger partial charge in [0.15, 0.2) is 6.61 Å². The Balaban J connectivity index is 1.62. The van der Waals surface area contributed by atoms with Crippen molar-refractivity contribution in [3.63, 3.8) is 0 Å². The fourth-order valence-electron chi connectivity index (χ4n) is 2.28. The van der Waals surface area contributed by atoms with Crippen molar-refractivity contribution in [2.24, 2.45) is 0 Å². The van der Waals surface area contributed by atoms with Gasteiger partial charge in [-0.15, -0.1) is 5.10 Å². The number of pyridine rings is 1. The van der Waals surface area contributed by atoms with Crippen molar-refractivity contribution >= 4 is 23.9 Å². The zero-order valence-electron chi connectivity index (χ0n) is 14.4. The molecular weight excluding hydrogens is 352 g/mol. The number of ether oxygens (including phenoxy) is 1. The quantitative estimate of drug-likeness (QED) is 0.670. The van der Waals surface area contributed by atoms with Crippen molar-refractivity contribution in [2.75, 3.05) is 5.32 Å². The van der Waals surface area contributed by atoms with Crippen molar-refractivity contribution < 1.29 is 13.9 Å². The Morgan fingerprint density at radius 2 is 2.15 bits per heavy atom. The lowest BCUT2D eigenvalue weighted by molar-refractivity contribution is -0.117. The number of nitrogens with zero attached hydrogens (tertiary/aromatic N) is 3. The van der Waals surface area contributed by atoms with Crippen LogP contribution in [0.1, 0.15) is 17.0 Å². The first-order valence-corrected chi connectivity index (χ1v) is 8.40. The summed E-state index contributed by atoms with van der Waals surface area (Å²) in [6, 6.07) is 11.3. The number of aryl methyl sites for hydroxylation is 2. The second-order valence-electron chi connectivity index (χ2n) is 5.74. The Labute approximate surface area is 155 Å². The highest BCUT2D eigenvalue weighted by molar-refractivity contribution is 7.71. The van der Waals surface area contributed by atoms with Crippen LogP contribution in [-0.2, 0) is 17.9 Å². The number of aromatic nitrogens is 3. The van der Waals surface area contributed by atoms with Crippen molar-refractivity contribution in [2.45, 2.75) is 27.0 Å². The average Bonchev–Trinajstić information content (AvgIpc) is 2.95. The van der Waals surface area contributed by atoms with E-state index in [0.717, 1.165) is 11.1 Å². The highest BCUT2D eigenvalue weighted by atomic mass is 32.1. The third-order valence-electron chi connectivity index (χ3n) is 3.56. The molecule has 134 valence electrons. The molecule has 0 aliphatic carbocycles. The van der Waals surface area contributed by atoms with E-state index in [2.05, 4.69) is 15.4 Å². The number of amides is 1. The Morgan fingerprint density at radius 3 is 2.92 bits per heavy atom. The highest BCUT2D eigenvalue weighted by Crippen LogP contribution is 2.14. The van der Waals surface area contributed by atoms with E-state index in [4.69, 9.17) is 21.4 Å². The molecule has 0 spiro atoms. The summed E-state index contributed by atoms with van der Waals surface area (Å²) in [5.41, 5.74) is 1.97. The summed E-state index contributed by atoms with van der Waals surface area (Å²) in [5.74, 6) is 1.24. The van der Waals surface area contributed by atoms with Crippen LogP contribution in [0.2, 0.25) is 0 Å². The molecule has 0 atom stereocenters. The number of hydrogen-bond acceptors (Lipinski definition) is 6. The topological polar surface area (TPSA) is 82.2 Å². The zero-order valence-corrected chi connectivity index (χ0v) is 15.2. The first kappa shape index (κ1) is 17.8. The SMILES string of the molecule is Cc1cccc(OCc2nn(CC(=O)Nc3ncccc3C)c(=S)o2)c1. The predicted octanol–water partition coefficient (Wildman–Crippen LogP) is 3.44. The van der Waals surface area contributed by atoms with Gasteiger partial charge in [-0.25, -0.2) is 9.67 Å². The Kier molecular flexibility index (Phi) is 5.43. The highest BCUT2D eigenvalue weighted by Gasteiger charge is 2.12. The monoisotopic (exact) mass is 370 g/mol. The van der Waals surface area contributed by atoms with Gasteiger partial charge in [0.25, 0.3) is 10.7 Å². The molecule has 0 bridgehead atoms. The van der Waals surface area contributed by atoms with Crippen LogP contribution in [-0.4, -0.2) is 20.7 Å². The smallest absolute Gasteiger partial charge is 0.287 e. The van der Waals surface area contributed by atoms with Crippen LogP contribution < -0.4 is 10.1 Å². The van der Waals surface area contributed by atoms with Gasteiger partial charge >= 0.3 is 0 Å². The van der Waals surface area contributed by atoms with E-state index in [9.17, 15) is 4.79 Å². The number of nitrogens with one attached hydrogen (secondary N) is 1. The number of rotatable bonds is 6. The fraction of sp³-hybridized carbons (Fsp3) is 0.222. The number of hydrogen-bond donors (Lipinski definition) is 1. The number of benzene rings is 1. The molecule has 1 amide bonds. The third-order valence-corrected chi connectivity index (χ3v) is 3.85. The van der Waals surface area contributed by atoms with Crippen LogP contribution in [0.5, 0.6) is 5.75 Å². The van der Waals surface area contributed by atoms with Crippen molar-refractivity contribution in [1.29, 1.82) is 0 Å². The van der Waals surface area contributed by atoms with Gasteiger partial charge in [0.1, 0.15) is 18.1 Å². The molecule has 2 aromatic heterocycles. The summed E-state index contributed by atoms with van der Waals surface area (Å²) >= 11 is 5.12. The summed E-state index contributed by atoms with van der Waals surface area (Å²) < 4.78 is 12.3. The molecule has 0 saturated carbocycles. The molecule has 7 nitrogen and oxygen atoms in total. The van der Waals surface area contributed by atoms with Gasteiger partial charge in [-0.1, -0.05) is 18.2 Å². The molecule has 26 heavy (non-hydrogen) atoms. The molecule has 8 heteroatoms. The molecule has 1 N–H and O–H groups in total. The summed E-state index contributed by atoms with van der Waals surface area (Å²) in [5, 5.41) is 6.92. The molecule has 0 saturated heterocycles. The predicted molar refractivity (Wildman–Crippen MR) is 98.4 cm³/mol. The first-order chi connectivity index (χ1) is 12.5. The van der Waals surface area contributed by atoms with Gasteiger partial charge < -0.3 is 14.5 Å². The maximum Gasteiger partial charge on any atom is 0.287 e. The summed E-state index contributed by atoms with van der Waals surface area (Å²) in [4.78, 5) is 16.4. The normalized spacial score (nSPS) is 10.5. The molecule has 0 aliphatic heterocycles. The Bertz CT molecular complexity index is 980. The van der Waals surface area contributed by atoms with E-state index in [-0.39, 0.29) is 23.9 Å². The Morgan fingerprint density at radius 1 is 1.31 bits per heavy atom. The van der Waals surface area contributed by atoms with Crippen LogP contribution in [0.3, 0.4) is 0 Å². The maximum atomic E-state index is 12.2. The van der Waals surface area contributed by atoms with E-state index >= 15 is 0 Å². The van der Waals surface area contributed by atoms with Gasteiger partial charge in [0, 0.05) is 6.20 Å². The van der Waals surface area contributed by atoms with Crippen molar-refractivity contribution in [3.8, 4) is 5.75 Å². The number of carbonyl (C=O) groups excluding carboxylic acids is 1. The summed E-state index contributed by atoms with van der Waals surface area (Å²) in [6.07, 6.45) is 1.62. The number of anilines is 1. The zero-order chi connectivity index (χ0) is 18.5. The van der Waals surface area contributed by atoms with Crippen molar-refractivity contribution in [1.82, 2.24) is 14.8 Å². The second kappa shape index (κ2) is 7.92. The van der Waals surface area contributed by atoms with Crippen LogP contribution >= 0.6 is 12.2 Å². The van der Waals surface area contributed by atoms with Gasteiger partial charge in [0.05, 0.1) is 0 Å². The van der Waals surface area contributed by atoms with Gasteiger partial charge in [-0.3, -0.25) is 4.79 Å². The van der Waals surface area contributed by atoms with Crippen LogP contribution in [0.15, 0.2) is 47.0 Å². The average molecular weight is 370 g/mol. The van der Waals surface area contributed by atoms with Crippen LogP contribution in [0.25, 0.3) is 0 Å². The molecule has 3 rings (SSSR count). The van der Waals surface area contributed by atoms with E-state index in [1.807, 2.05) is 44.2 Å². The van der Waals surface area contributed by atoms with Crippen molar-refractivity contribution in [3.05, 3.63) is 64.5 Å². The lowest BCUT2D eigenvalue weighted by atomic mass is 10.2. The van der Waals surface area contributed by atoms with Gasteiger partial charge in [-0.05, 0) is 55.4 Å². The lowest BCUT2D eigenvalue weighted by Gasteiger charge is -2.06. The first-order valence-electron chi connectivity index (χ1n) is 7.99. The molecular formula is C18H18N4O3S. The van der Waals surface area contributed by atoms with E-state index in [1.54, 1.807) is 12.3 Å². The number of carbonyl (C=O) groups is 1. The molecule has 0 radical (unpaired) electrons. The molecule has 0 aliphatic rings. The lowest BCUT2D eigenvalue weighted by Crippen LogP contribution is -2.20. The van der Waals surface area contributed by atoms with E-state index in [1.165, 1.54) is 4.68 Å². The fourth-order valence-corrected chi connectivity index (χ4v) is 2.48. The molecule has 3 aromatic rings. The second-order valence-corrected chi connectivity index (χ2v) is 6.09. The minimum Gasteiger partial charge on any atom is -0.484 e. The van der Waals surface area contributed by atoms with Gasteiger partial charge in [0.2, 0.25) is 5.91 Å². The minimum absolute atomic E-state index is 0.0667. The summed E-state index contributed by atoms with van der Waals surface area (Å²) in [6.45, 7) is 3.91. The third kappa shape index (κ3) is 4.54. The maximum absolute atomic E-state index is 12.2. The molecule has 2 heterocycles. The Hall–Kier alpha value is -3.00. The molecule has 0 unspecified atom stereocenters. The molecule has 1 aromatic carbocycles. The van der Waals surface area contributed by atoms with E-state index in [0.29, 0.717) is 17.5 Å². The largest absolute Gasteiger partial charge is 0.484 e. The van der Waals surface area contributed by atoms with Crippen LogP contribution in [0.4, 0.5) is 5.82 Å². The van der Waals surface area contributed by atoms with Gasteiger partial charge in [-0.2, -0.15) is 0 Å².